The van der Waals surface area contributed by atoms with Gasteiger partial charge in [-0.15, -0.1) is 0 Å². The van der Waals surface area contributed by atoms with Crippen molar-refractivity contribution in [2.24, 2.45) is 0 Å². The van der Waals surface area contributed by atoms with Crippen LogP contribution in [0.2, 0.25) is 0 Å². The Hall–Kier alpha value is -3.67. The third-order valence-electron chi connectivity index (χ3n) is 4.39. The minimum Gasteiger partial charge on any atom is -0.338 e. The van der Waals surface area contributed by atoms with Crippen molar-refractivity contribution in [1.29, 1.82) is 0 Å². The Kier molecular flexibility index (Phi) is 6.58. The number of nitrogens with one attached hydrogen (secondary N) is 3. The molecule has 148 valence electrons. The summed E-state index contributed by atoms with van der Waals surface area (Å²) in [4.78, 5) is 24.6. The Morgan fingerprint density at radius 2 is 1.62 bits per heavy atom. The summed E-state index contributed by atoms with van der Waals surface area (Å²) in [6.07, 6.45) is 0.589. The first-order chi connectivity index (χ1) is 14.0. The highest BCUT2D eigenvalue weighted by molar-refractivity contribution is 6.05. The van der Waals surface area contributed by atoms with E-state index in [0.717, 1.165) is 11.1 Å². The van der Waals surface area contributed by atoms with E-state index in [0.29, 0.717) is 29.9 Å². The summed E-state index contributed by atoms with van der Waals surface area (Å²) < 4.78 is 12.9. The molecule has 0 saturated heterocycles. The highest BCUT2D eigenvalue weighted by atomic mass is 19.1. The number of benzene rings is 3. The van der Waals surface area contributed by atoms with Crippen LogP contribution in [0.3, 0.4) is 0 Å². The van der Waals surface area contributed by atoms with Crippen LogP contribution in [0, 0.1) is 12.7 Å². The molecule has 3 aromatic carbocycles. The van der Waals surface area contributed by atoms with Crippen molar-refractivity contribution in [1.82, 2.24) is 5.32 Å². The first-order valence-electron chi connectivity index (χ1n) is 9.27. The molecule has 3 amide bonds. The third kappa shape index (κ3) is 5.90. The van der Waals surface area contributed by atoms with Gasteiger partial charge in [-0.1, -0.05) is 36.4 Å². The number of anilines is 2. The van der Waals surface area contributed by atoms with Crippen molar-refractivity contribution in [3.8, 4) is 0 Å². The second-order valence-corrected chi connectivity index (χ2v) is 6.61. The number of urea groups is 1. The number of halogens is 1. The van der Waals surface area contributed by atoms with Crippen molar-refractivity contribution in [3.05, 3.63) is 95.3 Å². The average molecular weight is 391 g/mol. The van der Waals surface area contributed by atoms with E-state index >= 15 is 0 Å². The summed E-state index contributed by atoms with van der Waals surface area (Å²) >= 11 is 0. The topological polar surface area (TPSA) is 70.2 Å². The zero-order valence-corrected chi connectivity index (χ0v) is 16.0. The summed E-state index contributed by atoms with van der Waals surface area (Å²) in [5.74, 6) is -0.540. The van der Waals surface area contributed by atoms with E-state index in [2.05, 4.69) is 16.0 Å². The number of carbonyl (C=O) groups excluding carboxylic acids is 2. The lowest BCUT2D eigenvalue weighted by molar-refractivity contribution is 0.102. The molecule has 0 aliphatic carbocycles. The molecule has 0 aliphatic heterocycles. The molecule has 3 aromatic rings. The third-order valence-corrected chi connectivity index (χ3v) is 4.39. The molecular weight excluding hydrogens is 369 g/mol. The van der Waals surface area contributed by atoms with Gasteiger partial charge in [0.05, 0.1) is 0 Å². The van der Waals surface area contributed by atoms with Gasteiger partial charge in [0, 0.05) is 23.5 Å². The van der Waals surface area contributed by atoms with Crippen LogP contribution in [0.4, 0.5) is 20.6 Å². The van der Waals surface area contributed by atoms with Crippen LogP contribution in [0.5, 0.6) is 0 Å². The highest BCUT2D eigenvalue weighted by Crippen LogP contribution is 2.18. The summed E-state index contributed by atoms with van der Waals surface area (Å²) in [6.45, 7) is 2.26. The molecule has 6 heteroatoms. The number of hydrogen-bond acceptors (Lipinski definition) is 2. The summed E-state index contributed by atoms with van der Waals surface area (Å²) in [7, 11) is 0. The van der Waals surface area contributed by atoms with E-state index in [1.165, 1.54) is 12.1 Å². The molecule has 0 unspecified atom stereocenters. The first kappa shape index (κ1) is 20.1. The quantitative estimate of drug-likeness (QED) is 0.567. The molecule has 0 spiro atoms. The van der Waals surface area contributed by atoms with Crippen molar-refractivity contribution in [3.63, 3.8) is 0 Å². The van der Waals surface area contributed by atoms with Gasteiger partial charge in [0.2, 0.25) is 0 Å². The van der Waals surface area contributed by atoms with E-state index in [9.17, 15) is 14.0 Å². The SMILES string of the molecule is Cc1ccc(C(=O)Nc2ccccc2)cc1NC(=O)NCCc1ccc(F)cc1. The smallest absolute Gasteiger partial charge is 0.319 e. The minimum atomic E-state index is -0.365. The molecule has 29 heavy (non-hydrogen) atoms. The average Bonchev–Trinajstić information content (AvgIpc) is 2.72. The van der Waals surface area contributed by atoms with Crippen molar-refractivity contribution >= 4 is 23.3 Å². The molecule has 0 bridgehead atoms. The van der Waals surface area contributed by atoms with Crippen molar-refractivity contribution in [2.75, 3.05) is 17.2 Å². The first-order valence-corrected chi connectivity index (χ1v) is 9.27. The zero-order valence-electron chi connectivity index (χ0n) is 16.0. The van der Waals surface area contributed by atoms with Crippen LogP contribution in [-0.2, 0) is 6.42 Å². The fourth-order valence-corrected chi connectivity index (χ4v) is 2.76. The Labute approximate surface area is 169 Å². The van der Waals surface area contributed by atoms with Crippen LogP contribution < -0.4 is 16.0 Å². The highest BCUT2D eigenvalue weighted by Gasteiger charge is 2.10. The molecular formula is C23H22FN3O2. The van der Waals surface area contributed by atoms with Gasteiger partial charge in [-0.05, 0) is 60.9 Å². The number of aryl methyl sites for hydroxylation is 1. The van der Waals surface area contributed by atoms with E-state index in [-0.39, 0.29) is 17.8 Å². The summed E-state index contributed by atoms with van der Waals surface area (Å²) in [5.41, 5.74) is 3.48. The molecule has 0 saturated carbocycles. The number of para-hydroxylation sites is 1. The standard InChI is InChI=1S/C23H22FN3O2/c1-16-7-10-18(22(28)26-20-5-3-2-4-6-20)15-21(16)27-23(29)25-14-13-17-8-11-19(24)12-9-17/h2-12,15H,13-14H2,1H3,(H,26,28)(H2,25,27,29). The lowest BCUT2D eigenvalue weighted by Gasteiger charge is -2.12. The molecule has 0 heterocycles. The monoisotopic (exact) mass is 391 g/mol. The molecule has 0 atom stereocenters. The summed E-state index contributed by atoms with van der Waals surface area (Å²) in [6, 6.07) is 20.1. The Morgan fingerprint density at radius 1 is 0.897 bits per heavy atom. The molecule has 3 rings (SSSR count). The number of hydrogen-bond donors (Lipinski definition) is 3. The lowest BCUT2D eigenvalue weighted by atomic mass is 10.1. The fourth-order valence-electron chi connectivity index (χ4n) is 2.76. The van der Waals surface area contributed by atoms with Crippen LogP contribution in [-0.4, -0.2) is 18.5 Å². The van der Waals surface area contributed by atoms with E-state index < -0.39 is 0 Å². The van der Waals surface area contributed by atoms with E-state index in [4.69, 9.17) is 0 Å². The van der Waals surface area contributed by atoms with Gasteiger partial charge in [0.25, 0.3) is 5.91 Å². The Bertz CT molecular complexity index is 989. The van der Waals surface area contributed by atoms with Gasteiger partial charge in [0.15, 0.2) is 0 Å². The van der Waals surface area contributed by atoms with Gasteiger partial charge in [-0.25, -0.2) is 9.18 Å². The maximum Gasteiger partial charge on any atom is 0.319 e. The van der Waals surface area contributed by atoms with Crippen molar-refractivity contribution < 1.29 is 14.0 Å². The summed E-state index contributed by atoms with van der Waals surface area (Å²) in [5, 5.41) is 8.36. The van der Waals surface area contributed by atoms with Gasteiger partial charge >= 0.3 is 6.03 Å². The minimum absolute atomic E-state index is 0.254. The van der Waals surface area contributed by atoms with Crippen LogP contribution in [0.15, 0.2) is 72.8 Å². The number of amides is 3. The van der Waals surface area contributed by atoms with Crippen LogP contribution in [0.1, 0.15) is 21.5 Å². The van der Waals surface area contributed by atoms with Crippen molar-refractivity contribution in [2.45, 2.75) is 13.3 Å². The predicted molar refractivity (Wildman–Crippen MR) is 113 cm³/mol. The molecule has 0 radical (unpaired) electrons. The van der Waals surface area contributed by atoms with Crippen LogP contribution >= 0.6 is 0 Å². The van der Waals surface area contributed by atoms with Gasteiger partial charge < -0.3 is 16.0 Å². The molecule has 3 N–H and O–H groups in total. The molecule has 0 aliphatic rings. The van der Waals surface area contributed by atoms with Gasteiger partial charge in [-0.2, -0.15) is 0 Å². The molecule has 0 fully saturated rings. The lowest BCUT2D eigenvalue weighted by Crippen LogP contribution is -2.30. The van der Waals surface area contributed by atoms with Crippen LogP contribution in [0.25, 0.3) is 0 Å². The van der Waals surface area contributed by atoms with E-state index in [1.807, 2.05) is 25.1 Å². The second-order valence-electron chi connectivity index (χ2n) is 6.61. The fraction of sp³-hybridized carbons (Fsp3) is 0.130. The second kappa shape index (κ2) is 9.50. The largest absolute Gasteiger partial charge is 0.338 e. The zero-order chi connectivity index (χ0) is 20.6. The maximum absolute atomic E-state index is 12.9. The Balaban J connectivity index is 1.56. The normalized spacial score (nSPS) is 10.3. The number of carbonyl (C=O) groups is 2. The van der Waals surface area contributed by atoms with Gasteiger partial charge in [0.1, 0.15) is 5.82 Å². The van der Waals surface area contributed by atoms with E-state index in [1.54, 1.807) is 42.5 Å². The number of rotatable bonds is 6. The maximum atomic E-state index is 12.9. The molecule has 0 aromatic heterocycles. The van der Waals surface area contributed by atoms with Gasteiger partial charge in [-0.3, -0.25) is 4.79 Å². The molecule has 5 nitrogen and oxygen atoms in total. The Morgan fingerprint density at radius 3 is 2.34 bits per heavy atom. The predicted octanol–water partition coefficient (Wildman–Crippen LogP) is 4.75.